The van der Waals surface area contributed by atoms with Crippen LogP contribution in [0.1, 0.15) is 10.4 Å². The van der Waals surface area contributed by atoms with Gasteiger partial charge in [0, 0.05) is 5.56 Å². The molecular formula is C16H12N2O5. The van der Waals surface area contributed by atoms with Gasteiger partial charge in [0.25, 0.3) is 5.56 Å². The van der Waals surface area contributed by atoms with Crippen LogP contribution < -0.4 is 10.3 Å². The second-order valence-corrected chi connectivity index (χ2v) is 4.84. The number of H-pyrrole nitrogens is 1. The van der Waals surface area contributed by atoms with E-state index in [4.69, 9.17) is 9.84 Å². The zero-order valence-corrected chi connectivity index (χ0v) is 12.0. The Labute approximate surface area is 129 Å². The van der Waals surface area contributed by atoms with Crippen LogP contribution in [0.25, 0.3) is 22.3 Å². The minimum Gasteiger partial charge on any atom is -0.504 e. The number of carbonyl (C=O) groups is 1. The molecule has 0 bridgehead atoms. The summed E-state index contributed by atoms with van der Waals surface area (Å²) in [7, 11) is 1.41. The van der Waals surface area contributed by atoms with E-state index in [2.05, 4.69) is 9.97 Å². The summed E-state index contributed by atoms with van der Waals surface area (Å²) < 4.78 is 5.03. The number of aromatic amines is 1. The predicted octanol–water partition coefficient (Wildman–Crippen LogP) is 2.00. The highest BCUT2D eigenvalue weighted by atomic mass is 16.5. The maximum atomic E-state index is 12.2. The molecule has 0 aliphatic carbocycles. The standard InChI is InChI=1S/C16H12N2O5/c1-23-13-7-8(3-5-12(13)19)14-17-11-6-9(16(21)22)2-4-10(11)15(20)18-14/h2-7,19H,1H3,(H,21,22)(H,17,18,20). The molecule has 0 atom stereocenters. The molecule has 3 rings (SSSR count). The van der Waals surface area contributed by atoms with E-state index in [1.807, 2.05) is 0 Å². The number of benzene rings is 2. The van der Waals surface area contributed by atoms with Crippen molar-refractivity contribution in [3.63, 3.8) is 0 Å². The average Bonchev–Trinajstić information content (AvgIpc) is 2.54. The lowest BCUT2D eigenvalue weighted by Crippen LogP contribution is -2.10. The lowest BCUT2D eigenvalue weighted by atomic mass is 10.1. The van der Waals surface area contributed by atoms with Crippen molar-refractivity contribution in [2.24, 2.45) is 0 Å². The number of hydrogen-bond acceptors (Lipinski definition) is 5. The van der Waals surface area contributed by atoms with Gasteiger partial charge in [-0.3, -0.25) is 4.79 Å². The van der Waals surface area contributed by atoms with E-state index >= 15 is 0 Å². The van der Waals surface area contributed by atoms with Crippen LogP contribution in [0.15, 0.2) is 41.2 Å². The van der Waals surface area contributed by atoms with Crippen molar-refractivity contribution >= 4 is 16.9 Å². The number of ether oxygens (including phenoxy) is 1. The van der Waals surface area contributed by atoms with Gasteiger partial charge in [-0.15, -0.1) is 0 Å². The maximum absolute atomic E-state index is 12.2. The molecule has 0 fully saturated rings. The van der Waals surface area contributed by atoms with Crippen LogP contribution in [0.3, 0.4) is 0 Å². The number of aromatic carboxylic acids is 1. The van der Waals surface area contributed by atoms with Gasteiger partial charge in [0.15, 0.2) is 11.5 Å². The zero-order valence-electron chi connectivity index (χ0n) is 12.0. The molecule has 23 heavy (non-hydrogen) atoms. The molecule has 116 valence electrons. The molecule has 0 aliphatic heterocycles. The molecule has 0 unspecified atom stereocenters. The summed E-state index contributed by atoms with van der Waals surface area (Å²) >= 11 is 0. The van der Waals surface area contributed by atoms with Gasteiger partial charge in [0.1, 0.15) is 5.82 Å². The van der Waals surface area contributed by atoms with E-state index in [0.717, 1.165) is 0 Å². The van der Waals surface area contributed by atoms with Crippen molar-refractivity contribution in [2.75, 3.05) is 7.11 Å². The van der Waals surface area contributed by atoms with Crippen LogP contribution in [-0.4, -0.2) is 33.3 Å². The largest absolute Gasteiger partial charge is 0.504 e. The number of nitrogens with zero attached hydrogens (tertiary/aromatic N) is 1. The monoisotopic (exact) mass is 312 g/mol. The molecule has 3 N–H and O–H groups in total. The zero-order chi connectivity index (χ0) is 16.6. The molecule has 7 heteroatoms. The van der Waals surface area contributed by atoms with Crippen molar-refractivity contribution in [3.05, 3.63) is 52.3 Å². The molecular weight excluding hydrogens is 300 g/mol. The maximum Gasteiger partial charge on any atom is 0.335 e. The van der Waals surface area contributed by atoms with Crippen LogP contribution in [0.2, 0.25) is 0 Å². The van der Waals surface area contributed by atoms with Gasteiger partial charge in [-0.2, -0.15) is 0 Å². The van der Waals surface area contributed by atoms with E-state index in [1.54, 1.807) is 6.07 Å². The third-order valence-corrected chi connectivity index (χ3v) is 3.41. The van der Waals surface area contributed by atoms with Gasteiger partial charge in [0.05, 0.1) is 23.6 Å². The summed E-state index contributed by atoms with van der Waals surface area (Å²) in [5.41, 5.74) is 0.467. The first-order valence-corrected chi connectivity index (χ1v) is 6.64. The SMILES string of the molecule is COc1cc(-c2nc3cc(C(=O)O)ccc3c(=O)[nH]2)ccc1O. The van der Waals surface area contributed by atoms with Crippen LogP contribution in [-0.2, 0) is 0 Å². The first kappa shape index (κ1) is 14.6. The van der Waals surface area contributed by atoms with E-state index in [9.17, 15) is 14.7 Å². The van der Waals surface area contributed by atoms with Gasteiger partial charge in [-0.1, -0.05) is 0 Å². The van der Waals surface area contributed by atoms with Gasteiger partial charge in [-0.25, -0.2) is 9.78 Å². The third-order valence-electron chi connectivity index (χ3n) is 3.41. The fourth-order valence-electron chi connectivity index (χ4n) is 2.23. The molecule has 2 aromatic carbocycles. The predicted molar refractivity (Wildman–Crippen MR) is 83.0 cm³/mol. The Balaban J connectivity index is 2.22. The number of phenols is 1. The molecule has 0 spiro atoms. The van der Waals surface area contributed by atoms with E-state index < -0.39 is 5.97 Å². The number of rotatable bonds is 3. The summed E-state index contributed by atoms with van der Waals surface area (Å²) in [6.07, 6.45) is 0. The number of nitrogens with one attached hydrogen (secondary N) is 1. The van der Waals surface area contributed by atoms with Crippen molar-refractivity contribution in [2.45, 2.75) is 0 Å². The number of phenolic OH excluding ortho intramolecular Hbond substituents is 1. The van der Waals surface area contributed by atoms with E-state index in [0.29, 0.717) is 10.9 Å². The van der Waals surface area contributed by atoms with Crippen LogP contribution in [0.5, 0.6) is 11.5 Å². The number of carboxylic acid groups (broad SMARTS) is 1. The molecule has 0 amide bonds. The highest BCUT2D eigenvalue weighted by Crippen LogP contribution is 2.30. The lowest BCUT2D eigenvalue weighted by Gasteiger charge is -2.07. The Morgan fingerprint density at radius 2 is 2.00 bits per heavy atom. The van der Waals surface area contributed by atoms with Gasteiger partial charge in [-0.05, 0) is 36.4 Å². The second-order valence-electron chi connectivity index (χ2n) is 4.84. The molecule has 3 aromatic rings. The second kappa shape index (κ2) is 5.45. The number of fused-ring (bicyclic) bond motifs is 1. The average molecular weight is 312 g/mol. The van der Waals surface area contributed by atoms with E-state index in [-0.39, 0.29) is 34.0 Å². The summed E-state index contributed by atoms with van der Waals surface area (Å²) in [4.78, 5) is 30.1. The lowest BCUT2D eigenvalue weighted by molar-refractivity contribution is 0.0697. The number of methoxy groups -OCH3 is 1. The minimum atomic E-state index is -1.10. The van der Waals surface area contributed by atoms with Crippen molar-refractivity contribution in [1.82, 2.24) is 9.97 Å². The van der Waals surface area contributed by atoms with Gasteiger partial charge in [0.2, 0.25) is 0 Å². The van der Waals surface area contributed by atoms with Crippen molar-refractivity contribution in [3.8, 4) is 22.9 Å². The topological polar surface area (TPSA) is 113 Å². The molecule has 7 nitrogen and oxygen atoms in total. The fourth-order valence-corrected chi connectivity index (χ4v) is 2.23. The highest BCUT2D eigenvalue weighted by Gasteiger charge is 2.11. The summed E-state index contributed by atoms with van der Waals surface area (Å²) in [5.74, 6) is -0.637. The van der Waals surface area contributed by atoms with Gasteiger partial charge >= 0.3 is 5.97 Å². The quantitative estimate of drug-likeness (QED) is 0.682. The molecule has 0 saturated heterocycles. The van der Waals surface area contributed by atoms with Crippen molar-refractivity contribution in [1.29, 1.82) is 0 Å². The summed E-state index contributed by atoms with van der Waals surface area (Å²) in [5, 5.41) is 19.0. The highest BCUT2D eigenvalue weighted by molar-refractivity contribution is 5.93. The molecule has 1 heterocycles. The number of aromatic hydroxyl groups is 1. The summed E-state index contributed by atoms with van der Waals surface area (Å²) in [6, 6.07) is 8.64. The molecule has 0 saturated carbocycles. The Morgan fingerprint density at radius 1 is 1.22 bits per heavy atom. The smallest absolute Gasteiger partial charge is 0.335 e. The number of aromatic nitrogens is 2. The summed E-state index contributed by atoms with van der Waals surface area (Å²) in [6.45, 7) is 0. The first-order valence-electron chi connectivity index (χ1n) is 6.64. The Hall–Kier alpha value is -3.35. The first-order chi connectivity index (χ1) is 11.0. The van der Waals surface area contributed by atoms with Crippen LogP contribution in [0, 0.1) is 0 Å². The Bertz CT molecular complexity index is 978. The van der Waals surface area contributed by atoms with Crippen LogP contribution >= 0.6 is 0 Å². The number of hydrogen-bond donors (Lipinski definition) is 3. The molecule has 1 aromatic heterocycles. The molecule has 0 radical (unpaired) electrons. The Morgan fingerprint density at radius 3 is 2.70 bits per heavy atom. The van der Waals surface area contributed by atoms with Crippen molar-refractivity contribution < 1.29 is 19.7 Å². The van der Waals surface area contributed by atoms with Crippen LogP contribution in [0.4, 0.5) is 0 Å². The van der Waals surface area contributed by atoms with E-state index in [1.165, 1.54) is 37.4 Å². The third kappa shape index (κ3) is 2.59. The minimum absolute atomic E-state index is 0.0347. The number of carboxylic acids is 1. The van der Waals surface area contributed by atoms with Gasteiger partial charge < -0.3 is 19.9 Å². The molecule has 0 aliphatic rings. The Kier molecular flexibility index (Phi) is 3.46. The fraction of sp³-hybridized carbons (Fsp3) is 0.0625. The normalized spacial score (nSPS) is 10.7.